The van der Waals surface area contributed by atoms with E-state index in [1.54, 1.807) is 0 Å². The molecule has 0 aliphatic rings. The van der Waals surface area contributed by atoms with E-state index in [9.17, 15) is 9.59 Å². The molecule has 0 aromatic heterocycles. The summed E-state index contributed by atoms with van der Waals surface area (Å²) in [6.45, 7) is 6.50. The van der Waals surface area contributed by atoms with Crippen molar-refractivity contribution in [1.29, 1.82) is 0 Å². The predicted octanol–water partition coefficient (Wildman–Crippen LogP) is 10.9. The molecule has 0 bridgehead atoms. The highest BCUT2D eigenvalue weighted by Crippen LogP contribution is 2.21. The number of carbonyl (C=O) groups excluding carboxylic acids is 2. The number of carbonyl (C=O) groups is 2. The van der Waals surface area contributed by atoms with Crippen LogP contribution in [-0.2, 0) is 9.59 Å². The quantitative estimate of drug-likeness (QED) is 0.0651. The summed E-state index contributed by atoms with van der Waals surface area (Å²) < 4.78 is 0. The third-order valence-corrected chi connectivity index (χ3v) is 8.58. The van der Waals surface area contributed by atoms with Crippen molar-refractivity contribution in [2.75, 3.05) is 0 Å². The number of nitrogens with one attached hydrogen (secondary N) is 1. The molecule has 1 unspecified atom stereocenters. The van der Waals surface area contributed by atoms with E-state index in [4.69, 9.17) is 5.73 Å². The Morgan fingerprint density at radius 2 is 0.925 bits per heavy atom. The molecule has 0 fully saturated rings. The molecule has 0 aliphatic heterocycles. The standard InChI is InChI=1S/C36H70N2O2/c1-4-7-9-11-13-15-17-19-21-23-25-27-29-31-33-36(6-3,35(37)40)38-34(39)32-30-28-26-24-22-20-18-16-14-12-10-8-5-2/h19,21H,4-18,20,22-33H2,1-3H3,(H2,37,40)(H,38,39). The molecule has 4 nitrogen and oxygen atoms in total. The zero-order valence-electron chi connectivity index (χ0n) is 27.3. The van der Waals surface area contributed by atoms with Crippen LogP contribution in [0.1, 0.15) is 201 Å². The number of unbranched alkanes of at least 4 members (excludes halogenated alkanes) is 22. The molecule has 2 amide bonds. The van der Waals surface area contributed by atoms with Crippen LogP contribution in [0.5, 0.6) is 0 Å². The number of primary amides is 1. The summed E-state index contributed by atoms with van der Waals surface area (Å²) in [7, 11) is 0. The van der Waals surface area contributed by atoms with Gasteiger partial charge in [0, 0.05) is 6.42 Å². The molecule has 3 N–H and O–H groups in total. The van der Waals surface area contributed by atoms with Crippen LogP contribution in [0.25, 0.3) is 0 Å². The third kappa shape index (κ3) is 23.4. The van der Waals surface area contributed by atoms with Gasteiger partial charge in [0.25, 0.3) is 0 Å². The Kier molecular flexibility index (Phi) is 28.2. The van der Waals surface area contributed by atoms with Crippen LogP contribution in [-0.4, -0.2) is 17.4 Å². The number of hydrogen-bond donors (Lipinski definition) is 2. The fourth-order valence-corrected chi connectivity index (χ4v) is 5.64. The topological polar surface area (TPSA) is 72.2 Å². The zero-order valence-corrected chi connectivity index (χ0v) is 27.3. The first-order valence-electron chi connectivity index (χ1n) is 17.8. The Morgan fingerprint density at radius 1 is 0.550 bits per heavy atom. The first kappa shape index (κ1) is 38.7. The molecule has 0 rings (SSSR count). The molecule has 0 aliphatic carbocycles. The van der Waals surface area contributed by atoms with Gasteiger partial charge in [0.05, 0.1) is 0 Å². The van der Waals surface area contributed by atoms with Crippen LogP contribution >= 0.6 is 0 Å². The van der Waals surface area contributed by atoms with Gasteiger partial charge in [-0.25, -0.2) is 0 Å². The Morgan fingerprint density at radius 3 is 1.32 bits per heavy atom. The lowest BCUT2D eigenvalue weighted by Crippen LogP contribution is -2.57. The number of nitrogens with two attached hydrogens (primary N) is 1. The first-order valence-corrected chi connectivity index (χ1v) is 17.8. The van der Waals surface area contributed by atoms with E-state index in [1.807, 2.05) is 6.92 Å². The van der Waals surface area contributed by atoms with Gasteiger partial charge in [0.1, 0.15) is 5.54 Å². The number of allylic oxidation sites excluding steroid dienone is 2. The second-order valence-electron chi connectivity index (χ2n) is 12.3. The second kappa shape index (κ2) is 29.2. The largest absolute Gasteiger partial charge is 0.368 e. The Balaban J connectivity index is 3.89. The maximum Gasteiger partial charge on any atom is 0.243 e. The molecule has 0 saturated heterocycles. The number of rotatable bonds is 31. The van der Waals surface area contributed by atoms with Gasteiger partial charge < -0.3 is 11.1 Å². The molecule has 40 heavy (non-hydrogen) atoms. The highest BCUT2D eigenvalue weighted by Gasteiger charge is 2.35. The third-order valence-electron chi connectivity index (χ3n) is 8.58. The lowest BCUT2D eigenvalue weighted by Gasteiger charge is -2.31. The maximum atomic E-state index is 12.6. The Bertz CT molecular complexity index is 604. The first-order chi connectivity index (χ1) is 19.5. The average Bonchev–Trinajstić information content (AvgIpc) is 2.94. The Hall–Kier alpha value is -1.32. The van der Waals surface area contributed by atoms with E-state index in [0.717, 1.165) is 38.5 Å². The van der Waals surface area contributed by atoms with E-state index in [2.05, 4.69) is 31.3 Å². The summed E-state index contributed by atoms with van der Waals surface area (Å²) >= 11 is 0. The van der Waals surface area contributed by atoms with E-state index >= 15 is 0 Å². The van der Waals surface area contributed by atoms with Crippen molar-refractivity contribution in [3.63, 3.8) is 0 Å². The van der Waals surface area contributed by atoms with Crippen LogP contribution in [0, 0.1) is 0 Å². The molecular weight excluding hydrogens is 492 g/mol. The van der Waals surface area contributed by atoms with Crippen LogP contribution in [0.3, 0.4) is 0 Å². The van der Waals surface area contributed by atoms with Crippen molar-refractivity contribution in [1.82, 2.24) is 5.32 Å². The second-order valence-corrected chi connectivity index (χ2v) is 12.3. The van der Waals surface area contributed by atoms with Crippen LogP contribution in [0.2, 0.25) is 0 Å². The lowest BCUT2D eigenvalue weighted by atomic mass is 9.88. The molecular formula is C36H70N2O2. The smallest absolute Gasteiger partial charge is 0.243 e. The van der Waals surface area contributed by atoms with Crippen molar-refractivity contribution in [3.8, 4) is 0 Å². The molecule has 0 saturated carbocycles. The predicted molar refractivity (Wildman–Crippen MR) is 176 cm³/mol. The Labute approximate surface area is 250 Å². The molecule has 0 aromatic carbocycles. The normalized spacial score (nSPS) is 13.1. The fourth-order valence-electron chi connectivity index (χ4n) is 5.64. The van der Waals surface area contributed by atoms with E-state index in [1.165, 1.54) is 122 Å². The molecule has 0 radical (unpaired) electrons. The van der Waals surface area contributed by atoms with Crippen molar-refractivity contribution in [2.24, 2.45) is 5.73 Å². The highest BCUT2D eigenvalue weighted by molar-refractivity contribution is 5.90. The average molecular weight is 563 g/mol. The zero-order chi connectivity index (χ0) is 29.6. The summed E-state index contributed by atoms with van der Waals surface area (Å²) in [5.74, 6) is -0.398. The number of hydrogen-bond acceptors (Lipinski definition) is 2. The van der Waals surface area contributed by atoms with E-state index in [0.29, 0.717) is 19.3 Å². The molecule has 1 atom stereocenters. The number of amides is 2. The SMILES string of the molecule is CCCCCCCCC=CCCCCCCC(CC)(NC(=O)CCCCCCCCCCCCCCC)C(N)=O. The van der Waals surface area contributed by atoms with Crippen LogP contribution in [0.4, 0.5) is 0 Å². The van der Waals surface area contributed by atoms with Gasteiger partial charge in [-0.15, -0.1) is 0 Å². The summed E-state index contributed by atoms with van der Waals surface area (Å²) in [5, 5.41) is 3.05. The van der Waals surface area contributed by atoms with Crippen molar-refractivity contribution >= 4 is 11.8 Å². The fraction of sp³-hybridized carbons (Fsp3) is 0.889. The summed E-state index contributed by atoms with van der Waals surface area (Å²) in [5.41, 5.74) is 4.91. The van der Waals surface area contributed by atoms with Gasteiger partial charge in [-0.2, -0.15) is 0 Å². The minimum absolute atomic E-state index is 0.0146. The van der Waals surface area contributed by atoms with Gasteiger partial charge in [-0.3, -0.25) is 9.59 Å². The van der Waals surface area contributed by atoms with E-state index in [-0.39, 0.29) is 11.8 Å². The minimum Gasteiger partial charge on any atom is -0.368 e. The maximum absolute atomic E-state index is 12.6. The highest BCUT2D eigenvalue weighted by atomic mass is 16.2. The molecule has 236 valence electrons. The summed E-state index contributed by atoms with van der Waals surface area (Å²) in [6, 6.07) is 0. The van der Waals surface area contributed by atoms with Gasteiger partial charge >= 0.3 is 0 Å². The van der Waals surface area contributed by atoms with Crippen LogP contribution < -0.4 is 11.1 Å². The van der Waals surface area contributed by atoms with Crippen molar-refractivity contribution in [3.05, 3.63) is 12.2 Å². The summed E-state index contributed by atoms with van der Waals surface area (Å²) in [4.78, 5) is 25.0. The summed E-state index contributed by atoms with van der Waals surface area (Å²) in [6.07, 6.45) is 38.0. The lowest BCUT2D eigenvalue weighted by molar-refractivity contribution is -0.132. The van der Waals surface area contributed by atoms with Crippen molar-refractivity contribution < 1.29 is 9.59 Å². The molecule has 0 aromatic rings. The molecule has 4 heteroatoms. The minimum atomic E-state index is -0.884. The van der Waals surface area contributed by atoms with Gasteiger partial charge in [0.15, 0.2) is 0 Å². The van der Waals surface area contributed by atoms with Crippen LogP contribution in [0.15, 0.2) is 12.2 Å². The monoisotopic (exact) mass is 563 g/mol. The molecule has 0 heterocycles. The van der Waals surface area contributed by atoms with Gasteiger partial charge in [0.2, 0.25) is 11.8 Å². The van der Waals surface area contributed by atoms with Gasteiger partial charge in [-0.05, 0) is 44.9 Å². The van der Waals surface area contributed by atoms with Gasteiger partial charge in [-0.1, -0.05) is 161 Å². The van der Waals surface area contributed by atoms with Crippen molar-refractivity contribution in [2.45, 2.75) is 206 Å². The molecule has 0 spiro atoms. The van der Waals surface area contributed by atoms with E-state index < -0.39 is 5.54 Å².